The molecule has 0 fully saturated rings. The lowest BCUT2D eigenvalue weighted by Crippen LogP contribution is -1.85. The van der Waals surface area contributed by atoms with E-state index in [2.05, 4.69) is 39.0 Å². The van der Waals surface area contributed by atoms with Crippen LogP contribution in [0.5, 0.6) is 0 Å². The first-order valence-electron chi connectivity index (χ1n) is 3.04. The van der Waals surface area contributed by atoms with Crippen molar-refractivity contribution in [2.45, 2.75) is 6.61 Å². The molecule has 0 atom stereocenters. The molecular formula is C8H7Br2O. The van der Waals surface area contributed by atoms with Gasteiger partial charge in [0.05, 0.1) is 13.7 Å². The van der Waals surface area contributed by atoms with Crippen molar-refractivity contribution in [3.63, 3.8) is 0 Å². The SMILES string of the molecule is [CH2]OCc1cc(Br)cc(Br)c1. The molecule has 3 heteroatoms. The molecule has 1 radical (unpaired) electrons. The van der Waals surface area contributed by atoms with E-state index in [1.54, 1.807) is 0 Å². The van der Waals surface area contributed by atoms with Crippen LogP contribution in [0, 0.1) is 7.11 Å². The molecule has 1 rings (SSSR count). The van der Waals surface area contributed by atoms with E-state index in [9.17, 15) is 0 Å². The van der Waals surface area contributed by atoms with Crippen LogP contribution in [0.15, 0.2) is 27.1 Å². The predicted octanol–water partition coefficient (Wildman–Crippen LogP) is 3.52. The summed E-state index contributed by atoms with van der Waals surface area (Å²) < 4.78 is 6.83. The largest absolute Gasteiger partial charge is 0.374 e. The minimum Gasteiger partial charge on any atom is -0.374 e. The highest BCUT2D eigenvalue weighted by Crippen LogP contribution is 2.20. The maximum Gasteiger partial charge on any atom is 0.0718 e. The average molecular weight is 279 g/mol. The van der Waals surface area contributed by atoms with Crippen LogP contribution in [0.4, 0.5) is 0 Å². The Morgan fingerprint density at radius 1 is 1.18 bits per heavy atom. The lowest BCUT2D eigenvalue weighted by Gasteiger charge is -2.00. The molecule has 1 aromatic carbocycles. The molecule has 0 unspecified atom stereocenters. The smallest absolute Gasteiger partial charge is 0.0718 e. The Kier molecular flexibility index (Phi) is 3.55. The minimum atomic E-state index is 0.540. The van der Waals surface area contributed by atoms with Crippen molar-refractivity contribution in [2.24, 2.45) is 0 Å². The lowest BCUT2D eigenvalue weighted by molar-refractivity contribution is 0.229. The standard InChI is InChI=1S/C8H7Br2O/c1-11-5-6-2-7(9)4-8(10)3-6/h2-4H,1,5H2. The highest BCUT2D eigenvalue weighted by atomic mass is 79.9. The zero-order chi connectivity index (χ0) is 8.27. The van der Waals surface area contributed by atoms with Crippen LogP contribution in [0.1, 0.15) is 5.56 Å². The molecule has 1 nitrogen and oxygen atoms in total. The fourth-order valence-electron chi connectivity index (χ4n) is 0.812. The zero-order valence-electron chi connectivity index (χ0n) is 5.81. The third kappa shape index (κ3) is 2.93. The molecule has 0 saturated carbocycles. The molecule has 0 N–H and O–H groups in total. The number of rotatable bonds is 2. The van der Waals surface area contributed by atoms with Crippen LogP contribution >= 0.6 is 31.9 Å². The van der Waals surface area contributed by atoms with Gasteiger partial charge in [-0.05, 0) is 23.8 Å². The van der Waals surface area contributed by atoms with Gasteiger partial charge in [0.15, 0.2) is 0 Å². The van der Waals surface area contributed by atoms with Crippen molar-refractivity contribution < 1.29 is 4.74 Å². The van der Waals surface area contributed by atoms with Crippen molar-refractivity contribution in [3.05, 3.63) is 39.8 Å². The van der Waals surface area contributed by atoms with Crippen LogP contribution < -0.4 is 0 Å². The number of halogens is 2. The first-order chi connectivity index (χ1) is 5.22. The lowest BCUT2D eigenvalue weighted by atomic mass is 10.2. The summed E-state index contributed by atoms with van der Waals surface area (Å²) in [4.78, 5) is 0. The van der Waals surface area contributed by atoms with Gasteiger partial charge >= 0.3 is 0 Å². The summed E-state index contributed by atoms with van der Waals surface area (Å²) in [5.41, 5.74) is 1.10. The number of ether oxygens (including phenoxy) is 1. The van der Waals surface area contributed by atoms with E-state index in [1.165, 1.54) is 0 Å². The van der Waals surface area contributed by atoms with Gasteiger partial charge in [0.1, 0.15) is 0 Å². The van der Waals surface area contributed by atoms with Crippen molar-refractivity contribution in [1.29, 1.82) is 0 Å². The molecule has 0 spiro atoms. The van der Waals surface area contributed by atoms with Crippen LogP contribution in [0.2, 0.25) is 0 Å². The molecule has 1 aromatic rings. The third-order valence-corrected chi connectivity index (χ3v) is 2.11. The second-order valence-electron chi connectivity index (χ2n) is 2.13. The Hall–Kier alpha value is 0.140. The van der Waals surface area contributed by atoms with E-state index < -0.39 is 0 Å². The summed E-state index contributed by atoms with van der Waals surface area (Å²) in [7, 11) is 3.31. The molecule has 59 valence electrons. The Morgan fingerprint density at radius 3 is 2.18 bits per heavy atom. The van der Waals surface area contributed by atoms with Gasteiger partial charge in [0.25, 0.3) is 0 Å². The topological polar surface area (TPSA) is 9.23 Å². The quantitative estimate of drug-likeness (QED) is 0.804. The molecule has 11 heavy (non-hydrogen) atoms. The minimum absolute atomic E-state index is 0.540. The van der Waals surface area contributed by atoms with Crippen LogP contribution in [0.3, 0.4) is 0 Å². The maximum absolute atomic E-state index is 4.75. The maximum atomic E-state index is 4.75. The molecule has 0 bridgehead atoms. The highest BCUT2D eigenvalue weighted by Gasteiger charge is 1.95. The first-order valence-corrected chi connectivity index (χ1v) is 4.63. The van der Waals surface area contributed by atoms with Gasteiger partial charge in [-0.15, -0.1) is 0 Å². The van der Waals surface area contributed by atoms with Gasteiger partial charge in [0.2, 0.25) is 0 Å². The summed E-state index contributed by atoms with van der Waals surface area (Å²) in [5, 5.41) is 0. The highest BCUT2D eigenvalue weighted by molar-refractivity contribution is 9.11. The van der Waals surface area contributed by atoms with E-state index in [0.717, 1.165) is 14.5 Å². The van der Waals surface area contributed by atoms with Crippen molar-refractivity contribution in [3.8, 4) is 0 Å². The number of hydrogen-bond acceptors (Lipinski definition) is 1. The van der Waals surface area contributed by atoms with E-state index in [1.807, 2.05) is 18.2 Å². The Bertz CT molecular complexity index is 228. The molecule has 0 aromatic heterocycles. The fraction of sp³-hybridized carbons (Fsp3) is 0.125. The molecular weight excluding hydrogens is 272 g/mol. The summed E-state index contributed by atoms with van der Waals surface area (Å²) in [6.45, 7) is 0.540. The van der Waals surface area contributed by atoms with E-state index in [-0.39, 0.29) is 0 Å². The van der Waals surface area contributed by atoms with Gasteiger partial charge in [-0.2, -0.15) is 0 Å². The Labute approximate surface area is 83.0 Å². The average Bonchev–Trinajstić information content (AvgIpc) is 1.85. The predicted molar refractivity (Wildman–Crippen MR) is 52.0 cm³/mol. The summed E-state index contributed by atoms with van der Waals surface area (Å²) >= 11 is 6.75. The van der Waals surface area contributed by atoms with Gasteiger partial charge in [-0.1, -0.05) is 31.9 Å². The molecule has 0 aliphatic heterocycles. The van der Waals surface area contributed by atoms with Crippen molar-refractivity contribution in [2.75, 3.05) is 0 Å². The van der Waals surface area contributed by atoms with Gasteiger partial charge in [-0.3, -0.25) is 0 Å². The molecule has 0 aliphatic rings. The Morgan fingerprint density at radius 2 is 1.73 bits per heavy atom. The van der Waals surface area contributed by atoms with Gasteiger partial charge < -0.3 is 4.74 Å². The van der Waals surface area contributed by atoms with Crippen LogP contribution in [-0.2, 0) is 11.3 Å². The molecule has 0 saturated heterocycles. The summed E-state index contributed by atoms with van der Waals surface area (Å²) in [6.07, 6.45) is 0. The van der Waals surface area contributed by atoms with Gasteiger partial charge in [-0.25, -0.2) is 0 Å². The van der Waals surface area contributed by atoms with E-state index in [0.29, 0.717) is 6.61 Å². The van der Waals surface area contributed by atoms with Crippen molar-refractivity contribution in [1.82, 2.24) is 0 Å². The van der Waals surface area contributed by atoms with Gasteiger partial charge in [0, 0.05) is 8.95 Å². The second-order valence-corrected chi connectivity index (χ2v) is 3.96. The molecule has 0 heterocycles. The van der Waals surface area contributed by atoms with Crippen LogP contribution in [-0.4, -0.2) is 0 Å². The summed E-state index contributed by atoms with van der Waals surface area (Å²) in [6, 6.07) is 5.97. The normalized spacial score (nSPS) is 10.1. The van der Waals surface area contributed by atoms with E-state index >= 15 is 0 Å². The Balaban J connectivity index is 2.89. The molecule has 0 aliphatic carbocycles. The number of hydrogen-bond donors (Lipinski definition) is 0. The van der Waals surface area contributed by atoms with Crippen molar-refractivity contribution >= 4 is 31.9 Å². The molecule has 0 amide bonds. The second kappa shape index (κ2) is 4.24. The van der Waals surface area contributed by atoms with E-state index in [4.69, 9.17) is 4.74 Å². The first kappa shape index (κ1) is 9.23. The monoisotopic (exact) mass is 277 g/mol. The third-order valence-electron chi connectivity index (χ3n) is 1.19. The zero-order valence-corrected chi connectivity index (χ0v) is 8.98. The number of benzene rings is 1. The fourth-order valence-corrected chi connectivity index (χ4v) is 2.20. The van der Waals surface area contributed by atoms with Crippen LogP contribution in [0.25, 0.3) is 0 Å². The summed E-state index contributed by atoms with van der Waals surface area (Å²) in [5.74, 6) is 0.